The number of imidazole rings is 1. The molecule has 1 aliphatic rings. The van der Waals surface area contributed by atoms with Crippen LogP contribution in [-0.2, 0) is 20.0 Å². The van der Waals surface area contributed by atoms with Crippen molar-refractivity contribution in [3.63, 3.8) is 0 Å². The quantitative estimate of drug-likeness (QED) is 0.901. The molecule has 4 nitrogen and oxygen atoms in total. The Labute approximate surface area is 120 Å². The van der Waals surface area contributed by atoms with Crippen LogP contribution in [-0.4, -0.2) is 30.2 Å². The SMILES string of the molecule is CN(C)c1ncc(CNCC2Cc3ccccc32)n1C. The predicted molar refractivity (Wildman–Crippen MR) is 82.1 cm³/mol. The summed E-state index contributed by atoms with van der Waals surface area (Å²) in [6.45, 7) is 1.91. The van der Waals surface area contributed by atoms with Gasteiger partial charge in [0, 0.05) is 40.2 Å². The van der Waals surface area contributed by atoms with E-state index < -0.39 is 0 Å². The van der Waals surface area contributed by atoms with Gasteiger partial charge in [-0.1, -0.05) is 24.3 Å². The van der Waals surface area contributed by atoms with Crippen molar-refractivity contribution in [3.8, 4) is 0 Å². The van der Waals surface area contributed by atoms with Crippen LogP contribution in [0.2, 0.25) is 0 Å². The van der Waals surface area contributed by atoms with E-state index in [1.165, 1.54) is 23.2 Å². The van der Waals surface area contributed by atoms with E-state index in [1.54, 1.807) is 0 Å². The van der Waals surface area contributed by atoms with Crippen LogP contribution in [0.5, 0.6) is 0 Å². The molecule has 0 saturated heterocycles. The largest absolute Gasteiger partial charge is 0.348 e. The average molecular weight is 270 g/mol. The number of nitrogens with one attached hydrogen (secondary N) is 1. The van der Waals surface area contributed by atoms with Crippen molar-refractivity contribution >= 4 is 5.95 Å². The number of aromatic nitrogens is 2. The van der Waals surface area contributed by atoms with Gasteiger partial charge in [-0.05, 0) is 17.5 Å². The van der Waals surface area contributed by atoms with Gasteiger partial charge >= 0.3 is 0 Å². The Morgan fingerprint density at radius 3 is 2.85 bits per heavy atom. The number of benzene rings is 1. The molecule has 0 radical (unpaired) electrons. The number of hydrogen-bond donors (Lipinski definition) is 1. The summed E-state index contributed by atoms with van der Waals surface area (Å²) >= 11 is 0. The van der Waals surface area contributed by atoms with Gasteiger partial charge in [-0.25, -0.2) is 4.98 Å². The van der Waals surface area contributed by atoms with Crippen LogP contribution < -0.4 is 10.2 Å². The first-order chi connectivity index (χ1) is 9.66. The average Bonchev–Trinajstić information content (AvgIpc) is 2.76. The van der Waals surface area contributed by atoms with Gasteiger partial charge < -0.3 is 14.8 Å². The molecule has 0 aliphatic heterocycles. The van der Waals surface area contributed by atoms with E-state index in [0.29, 0.717) is 5.92 Å². The lowest BCUT2D eigenvalue weighted by atomic mass is 9.77. The molecule has 20 heavy (non-hydrogen) atoms. The zero-order chi connectivity index (χ0) is 14.1. The summed E-state index contributed by atoms with van der Waals surface area (Å²) in [6, 6.07) is 8.74. The smallest absolute Gasteiger partial charge is 0.204 e. The Morgan fingerprint density at radius 1 is 1.35 bits per heavy atom. The Hall–Kier alpha value is -1.81. The second-order valence-corrected chi connectivity index (χ2v) is 5.73. The number of rotatable bonds is 5. The minimum atomic E-state index is 0.674. The van der Waals surface area contributed by atoms with Gasteiger partial charge in [0.25, 0.3) is 0 Å². The monoisotopic (exact) mass is 270 g/mol. The van der Waals surface area contributed by atoms with Gasteiger partial charge in [0.15, 0.2) is 0 Å². The third-order valence-corrected chi connectivity index (χ3v) is 4.12. The zero-order valence-corrected chi connectivity index (χ0v) is 12.4. The van der Waals surface area contributed by atoms with Crippen molar-refractivity contribution in [1.29, 1.82) is 0 Å². The normalized spacial score (nSPS) is 16.6. The van der Waals surface area contributed by atoms with Crippen molar-refractivity contribution in [2.24, 2.45) is 7.05 Å². The minimum absolute atomic E-state index is 0.674. The van der Waals surface area contributed by atoms with Crippen LogP contribution in [0, 0.1) is 0 Å². The number of fused-ring (bicyclic) bond motifs is 1. The number of nitrogens with zero attached hydrogens (tertiary/aromatic N) is 3. The molecular weight excluding hydrogens is 248 g/mol. The van der Waals surface area contributed by atoms with E-state index in [1.807, 2.05) is 25.2 Å². The molecule has 3 rings (SSSR count). The Kier molecular flexibility index (Phi) is 3.49. The maximum atomic E-state index is 4.43. The van der Waals surface area contributed by atoms with Crippen LogP contribution in [0.1, 0.15) is 22.7 Å². The summed E-state index contributed by atoms with van der Waals surface area (Å²) in [5, 5.41) is 3.56. The topological polar surface area (TPSA) is 33.1 Å². The summed E-state index contributed by atoms with van der Waals surface area (Å²) in [5.41, 5.74) is 4.25. The van der Waals surface area contributed by atoms with Crippen LogP contribution in [0.4, 0.5) is 5.95 Å². The van der Waals surface area contributed by atoms with Crippen LogP contribution in [0.25, 0.3) is 0 Å². The Balaban J connectivity index is 1.54. The second kappa shape index (κ2) is 5.29. The Morgan fingerprint density at radius 2 is 2.15 bits per heavy atom. The first-order valence-electron chi connectivity index (χ1n) is 7.13. The second-order valence-electron chi connectivity index (χ2n) is 5.73. The van der Waals surface area contributed by atoms with E-state index in [-0.39, 0.29) is 0 Å². The van der Waals surface area contributed by atoms with E-state index in [0.717, 1.165) is 19.0 Å². The molecule has 1 aromatic carbocycles. The zero-order valence-electron chi connectivity index (χ0n) is 12.4. The van der Waals surface area contributed by atoms with E-state index in [4.69, 9.17) is 0 Å². The van der Waals surface area contributed by atoms with Crippen LogP contribution >= 0.6 is 0 Å². The minimum Gasteiger partial charge on any atom is -0.348 e. The highest BCUT2D eigenvalue weighted by molar-refractivity contribution is 5.40. The third-order valence-electron chi connectivity index (χ3n) is 4.12. The number of hydrogen-bond acceptors (Lipinski definition) is 3. The lowest BCUT2D eigenvalue weighted by Gasteiger charge is -2.30. The van der Waals surface area contributed by atoms with Crippen LogP contribution in [0.3, 0.4) is 0 Å². The molecule has 1 atom stereocenters. The van der Waals surface area contributed by atoms with Crippen molar-refractivity contribution < 1.29 is 0 Å². The van der Waals surface area contributed by atoms with Crippen molar-refractivity contribution in [3.05, 3.63) is 47.3 Å². The van der Waals surface area contributed by atoms with Crippen LogP contribution in [0.15, 0.2) is 30.5 Å². The summed E-state index contributed by atoms with van der Waals surface area (Å²) in [6.07, 6.45) is 3.16. The third kappa shape index (κ3) is 2.31. The lowest BCUT2D eigenvalue weighted by Crippen LogP contribution is -2.29. The fraction of sp³-hybridized carbons (Fsp3) is 0.438. The molecule has 0 bridgehead atoms. The summed E-state index contributed by atoms with van der Waals surface area (Å²) < 4.78 is 2.14. The standard InChI is InChI=1S/C16H22N4/c1-19(2)16-18-11-14(20(16)3)10-17-9-13-8-12-6-4-5-7-15(12)13/h4-7,11,13,17H,8-10H2,1-3H3. The highest BCUT2D eigenvalue weighted by Gasteiger charge is 2.24. The van der Waals surface area contributed by atoms with Gasteiger partial charge in [0.05, 0.1) is 11.9 Å². The van der Waals surface area contributed by atoms with Gasteiger partial charge in [-0.3, -0.25) is 0 Å². The maximum absolute atomic E-state index is 4.43. The highest BCUT2D eigenvalue weighted by atomic mass is 15.3. The molecule has 1 N–H and O–H groups in total. The van der Waals surface area contributed by atoms with Gasteiger partial charge in [0.2, 0.25) is 5.95 Å². The van der Waals surface area contributed by atoms with E-state index in [2.05, 4.69) is 46.2 Å². The number of anilines is 1. The molecule has 106 valence electrons. The molecule has 2 aromatic rings. The van der Waals surface area contributed by atoms with E-state index in [9.17, 15) is 0 Å². The molecule has 1 unspecified atom stereocenters. The summed E-state index contributed by atoms with van der Waals surface area (Å²) in [4.78, 5) is 6.47. The molecule has 0 spiro atoms. The van der Waals surface area contributed by atoms with Crippen molar-refractivity contribution in [1.82, 2.24) is 14.9 Å². The molecule has 4 heteroatoms. The maximum Gasteiger partial charge on any atom is 0.204 e. The molecule has 1 aromatic heterocycles. The Bertz CT molecular complexity index is 600. The van der Waals surface area contributed by atoms with Crippen molar-refractivity contribution in [2.75, 3.05) is 25.5 Å². The molecule has 1 aliphatic carbocycles. The summed E-state index contributed by atoms with van der Waals surface area (Å²) in [7, 11) is 6.10. The van der Waals surface area contributed by atoms with Crippen molar-refractivity contribution in [2.45, 2.75) is 18.9 Å². The van der Waals surface area contributed by atoms with Gasteiger partial charge in [-0.15, -0.1) is 0 Å². The molecule has 0 saturated carbocycles. The predicted octanol–water partition coefficient (Wildman–Crippen LogP) is 1.92. The fourth-order valence-electron chi connectivity index (χ4n) is 2.93. The molecule has 1 heterocycles. The highest BCUT2D eigenvalue weighted by Crippen LogP contribution is 2.34. The molecular formula is C16H22N4. The summed E-state index contributed by atoms with van der Waals surface area (Å²) in [5.74, 6) is 1.67. The molecule has 0 amide bonds. The van der Waals surface area contributed by atoms with Gasteiger partial charge in [-0.2, -0.15) is 0 Å². The molecule has 0 fully saturated rings. The first-order valence-corrected chi connectivity index (χ1v) is 7.13. The van der Waals surface area contributed by atoms with Gasteiger partial charge in [0.1, 0.15) is 0 Å². The fourth-order valence-corrected chi connectivity index (χ4v) is 2.93. The first kappa shape index (κ1) is 13.2. The lowest BCUT2D eigenvalue weighted by molar-refractivity contribution is 0.528. The van der Waals surface area contributed by atoms with E-state index >= 15 is 0 Å².